The first-order valence-corrected chi connectivity index (χ1v) is 3.06. The molecule has 1 radical (unpaired) electrons. The summed E-state index contributed by atoms with van der Waals surface area (Å²) in [7, 11) is 0. The first kappa shape index (κ1) is 7.92. The van der Waals surface area contributed by atoms with Gasteiger partial charge in [-0.15, -0.1) is 0 Å². The third-order valence-corrected chi connectivity index (χ3v) is 1.39. The molecular formula is C6H13O2. The van der Waals surface area contributed by atoms with Crippen molar-refractivity contribution in [3.05, 3.63) is 0 Å². The monoisotopic (exact) mass is 117 g/mol. The van der Waals surface area contributed by atoms with Crippen LogP contribution in [0.5, 0.6) is 0 Å². The van der Waals surface area contributed by atoms with E-state index in [2.05, 4.69) is 18.7 Å². The molecule has 1 atom stereocenters. The molecule has 2 nitrogen and oxygen atoms in total. The molecule has 0 spiro atoms. The molecule has 0 saturated heterocycles. The van der Waals surface area contributed by atoms with E-state index >= 15 is 0 Å². The Morgan fingerprint density at radius 3 is 2.62 bits per heavy atom. The summed E-state index contributed by atoms with van der Waals surface area (Å²) >= 11 is 0. The van der Waals surface area contributed by atoms with Gasteiger partial charge in [-0.1, -0.05) is 20.3 Å². The fourth-order valence-electron chi connectivity index (χ4n) is 0.453. The van der Waals surface area contributed by atoms with Gasteiger partial charge in [-0.05, 0) is 17.6 Å². The quantitative estimate of drug-likeness (QED) is 0.407. The predicted molar refractivity (Wildman–Crippen MR) is 30.7 cm³/mol. The lowest BCUT2D eigenvalue weighted by atomic mass is 10.1. The summed E-state index contributed by atoms with van der Waals surface area (Å²) in [5.41, 5.74) is 0. The van der Waals surface area contributed by atoms with Crippen LogP contribution in [0.2, 0.25) is 0 Å². The molecule has 0 aliphatic rings. The van der Waals surface area contributed by atoms with Gasteiger partial charge < -0.3 is 0 Å². The van der Waals surface area contributed by atoms with E-state index in [-0.39, 0.29) is 0 Å². The van der Waals surface area contributed by atoms with Crippen molar-refractivity contribution in [2.45, 2.75) is 26.7 Å². The van der Waals surface area contributed by atoms with Crippen LogP contribution in [0.1, 0.15) is 26.7 Å². The Bertz CT molecular complexity index is 45.8. The van der Waals surface area contributed by atoms with Crippen molar-refractivity contribution < 1.29 is 10.1 Å². The summed E-state index contributed by atoms with van der Waals surface area (Å²) in [6, 6.07) is 0. The molecule has 0 aromatic carbocycles. The van der Waals surface area contributed by atoms with Crippen molar-refractivity contribution in [2.24, 2.45) is 5.92 Å². The van der Waals surface area contributed by atoms with Crippen molar-refractivity contribution in [1.29, 1.82) is 0 Å². The Morgan fingerprint density at radius 2 is 2.25 bits per heavy atom. The normalized spacial score (nSPS) is 13.9. The molecular weight excluding hydrogens is 104 g/mol. The Balaban J connectivity index is 2.86. The Kier molecular flexibility index (Phi) is 5.01. The van der Waals surface area contributed by atoms with E-state index in [1.807, 2.05) is 0 Å². The molecule has 0 rings (SSSR count). The Morgan fingerprint density at radius 1 is 1.62 bits per heavy atom. The second kappa shape index (κ2) is 5.06. The maximum absolute atomic E-state index is 9.45. The zero-order chi connectivity index (χ0) is 6.41. The van der Waals surface area contributed by atoms with Crippen LogP contribution < -0.4 is 0 Å². The van der Waals surface area contributed by atoms with Crippen LogP contribution in [0, 0.1) is 5.92 Å². The van der Waals surface area contributed by atoms with Crippen LogP contribution in [0.4, 0.5) is 0 Å². The highest BCUT2D eigenvalue weighted by atomic mass is 17.1. The third kappa shape index (κ3) is 4.09. The summed E-state index contributed by atoms with van der Waals surface area (Å²) in [4.78, 5) is 3.66. The smallest absolute Gasteiger partial charge is 0.0857 e. The van der Waals surface area contributed by atoms with Gasteiger partial charge in [0.1, 0.15) is 0 Å². The van der Waals surface area contributed by atoms with E-state index in [0.717, 1.165) is 12.8 Å². The van der Waals surface area contributed by atoms with Crippen LogP contribution in [0.25, 0.3) is 0 Å². The molecule has 0 aliphatic carbocycles. The molecule has 0 amide bonds. The summed E-state index contributed by atoms with van der Waals surface area (Å²) in [6.07, 6.45) is 2.02. The minimum Gasteiger partial charge on any atom is -0.204 e. The molecule has 0 aliphatic heterocycles. The highest BCUT2D eigenvalue weighted by Crippen LogP contribution is 2.04. The largest absolute Gasteiger partial charge is 0.204 e. The lowest BCUT2D eigenvalue weighted by Gasteiger charge is -2.03. The molecule has 1 unspecified atom stereocenters. The number of hydrogen-bond acceptors (Lipinski definition) is 1. The lowest BCUT2D eigenvalue weighted by Crippen LogP contribution is -1.97. The van der Waals surface area contributed by atoms with E-state index in [4.69, 9.17) is 0 Å². The average molecular weight is 117 g/mol. The van der Waals surface area contributed by atoms with Crippen LogP contribution in [-0.4, -0.2) is 6.61 Å². The first-order chi connectivity index (χ1) is 3.81. The molecule has 0 aromatic rings. The topological polar surface area (TPSA) is 29.1 Å². The molecule has 49 valence electrons. The first-order valence-electron chi connectivity index (χ1n) is 3.06. The highest BCUT2D eigenvalue weighted by Gasteiger charge is 1.96. The number of rotatable bonds is 4. The minimum atomic E-state index is 0.356. The van der Waals surface area contributed by atoms with Gasteiger partial charge in [0.25, 0.3) is 0 Å². The van der Waals surface area contributed by atoms with Crippen LogP contribution in [-0.2, 0) is 10.1 Å². The summed E-state index contributed by atoms with van der Waals surface area (Å²) in [5.74, 6) is 0.629. The highest BCUT2D eigenvalue weighted by molar-refractivity contribution is 4.46. The zero-order valence-corrected chi connectivity index (χ0v) is 5.52. The van der Waals surface area contributed by atoms with E-state index in [9.17, 15) is 5.26 Å². The SMILES string of the molecule is CCC(C)CCO[O]. The molecule has 0 bridgehead atoms. The zero-order valence-electron chi connectivity index (χ0n) is 5.52. The molecule has 8 heavy (non-hydrogen) atoms. The van der Waals surface area contributed by atoms with Crippen molar-refractivity contribution >= 4 is 0 Å². The fraction of sp³-hybridized carbons (Fsp3) is 1.00. The molecule has 2 heteroatoms. The molecule has 0 N–H and O–H groups in total. The van der Waals surface area contributed by atoms with Crippen LogP contribution in [0.15, 0.2) is 0 Å². The van der Waals surface area contributed by atoms with Gasteiger partial charge in [-0.25, -0.2) is 4.89 Å². The standard InChI is InChI=1S/C6H13O2/c1-3-6(2)4-5-8-7/h6H,3-5H2,1-2H3. The van der Waals surface area contributed by atoms with E-state index < -0.39 is 0 Å². The van der Waals surface area contributed by atoms with Gasteiger partial charge in [-0.3, -0.25) is 0 Å². The summed E-state index contributed by atoms with van der Waals surface area (Å²) in [5, 5.41) is 9.45. The van der Waals surface area contributed by atoms with Crippen molar-refractivity contribution in [3.63, 3.8) is 0 Å². The second-order valence-corrected chi connectivity index (χ2v) is 2.12. The van der Waals surface area contributed by atoms with Crippen molar-refractivity contribution in [2.75, 3.05) is 6.61 Å². The summed E-state index contributed by atoms with van der Waals surface area (Å²) in [6.45, 7) is 4.57. The molecule has 0 heterocycles. The summed E-state index contributed by atoms with van der Waals surface area (Å²) < 4.78 is 0. The van der Waals surface area contributed by atoms with Gasteiger partial charge in [0.2, 0.25) is 0 Å². The van der Waals surface area contributed by atoms with Gasteiger partial charge in [0.15, 0.2) is 0 Å². The van der Waals surface area contributed by atoms with Gasteiger partial charge in [0, 0.05) is 0 Å². The van der Waals surface area contributed by atoms with E-state index in [1.54, 1.807) is 0 Å². The average Bonchev–Trinajstić information content (AvgIpc) is 1.83. The van der Waals surface area contributed by atoms with Crippen molar-refractivity contribution in [1.82, 2.24) is 0 Å². The van der Waals surface area contributed by atoms with Crippen LogP contribution in [0.3, 0.4) is 0 Å². The Labute approximate surface area is 50.4 Å². The van der Waals surface area contributed by atoms with Gasteiger partial charge in [-0.2, -0.15) is 0 Å². The van der Waals surface area contributed by atoms with Crippen LogP contribution >= 0.6 is 0 Å². The molecule has 0 aromatic heterocycles. The predicted octanol–water partition coefficient (Wildman–Crippen LogP) is 1.78. The van der Waals surface area contributed by atoms with Gasteiger partial charge in [0.05, 0.1) is 6.61 Å². The lowest BCUT2D eigenvalue weighted by molar-refractivity contribution is -0.305. The number of hydrogen-bond donors (Lipinski definition) is 0. The maximum atomic E-state index is 9.45. The van der Waals surface area contributed by atoms with Crippen molar-refractivity contribution in [3.8, 4) is 0 Å². The Hall–Kier alpha value is -0.0800. The molecule has 0 fully saturated rings. The second-order valence-electron chi connectivity index (χ2n) is 2.12. The maximum Gasteiger partial charge on any atom is 0.0857 e. The fourth-order valence-corrected chi connectivity index (χ4v) is 0.453. The van der Waals surface area contributed by atoms with Gasteiger partial charge >= 0.3 is 0 Å². The third-order valence-electron chi connectivity index (χ3n) is 1.39. The minimum absolute atomic E-state index is 0.356. The van der Waals surface area contributed by atoms with E-state index in [0.29, 0.717) is 12.5 Å². The van der Waals surface area contributed by atoms with E-state index in [1.165, 1.54) is 0 Å². The molecule has 0 saturated carbocycles.